The Kier molecular flexibility index (Phi) is 5.08. The molecule has 4 rings (SSSR count). The Labute approximate surface area is 169 Å². The van der Waals surface area contributed by atoms with Crippen LogP contribution in [0.5, 0.6) is 5.75 Å². The molecule has 0 aliphatic rings. The molecule has 0 aliphatic heterocycles. The molecule has 2 aromatic carbocycles. The molecule has 1 N–H and O–H groups in total. The average molecular weight is 406 g/mol. The van der Waals surface area contributed by atoms with Crippen molar-refractivity contribution in [2.24, 2.45) is 0 Å². The Balaban J connectivity index is 1.70. The van der Waals surface area contributed by atoms with Crippen LogP contribution in [-0.4, -0.2) is 22.0 Å². The first-order chi connectivity index (χ1) is 14.5. The molecule has 0 spiro atoms. The molecule has 0 bridgehead atoms. The van der Waals surface area contributed by atoms with Crippen molar-refractivity contribution in [1.29, 1.82) is 0 Å². The van der Waals surface area contributed by atoms with E-state index in [9.17, 15) is 14.5 Å². The maximum absolute atomic E-state index is 13.7. The number of hydrogen-bond acceptors (Lipinski definition) is 7. The molecule has 9 heteroatoms. The molecule has 2 heterocycles. The number of fused-ring (bicyclic) bond motifs is 1. The first-order valence-corrected chi connectivity index (χ1v) is 8.82. The van der Waals surface area contributed by atoms with Gasteiger partial charge >= 0.3 is 5.88 Å². The number of anilines is 2. The van der Waals surface area contributed by atoms with Crippen molar-refractivity contribution in [3.8, 4) is 5.75 Å². The highest BCUT2D eigenvalue weighted by molar-refractivity contribution is 5.91. The number of nitro groups is 1. The van der Waals surface area contributed by atoms with Crippen LogP contribution in [0.3, 0.4) is 0 Å². The van der Waals surface area contributed by atoms with Crippen molar-refractivity contribution in [3.63, 3.8) is 0 Å². The van der Waals surface area contributed by atoms with E-state index in [0.29, 0.717) is 22.5 Å². The van der Waals surface area contributed by atoms with Crippen LogP contribution in [0.25, 0.3) is 23.1 Å². The summed E-state index contributed by atoms with van der Waals surface area (Å²) < 4.78 is 24.0. The monoisotopic (exact) mass is 406 g/mol. The molecule has 8 nitrogen and oxygen atoms in total. The molecule has 0 saturated heterocycles. The van der Waals surface area contributed by atoms with E-state index in [4.69, 9.17) is 9.15 Å². The molecule has 0 saturated carbocycles. The van der Waals surface area contributed by atoms with Gasteiger partial charge in [0.1, 0.15) is 28.1 Å². The molecule has 150 valence electrons. The Bertz CT molecular complexity index is 1250. The van der Waals surface area contributed by atoms with Crippen LogP contribution in [0.1, 0.15) is 11.6 Å². The molecule has 2 aromatic heterocycles. The van der Waals surface area contributed by atoms with E-state index in [-0.39, 0.29) is 17.5 Å². The Morgan fingerprint density at radius 1 is 1.10 bits per heavy atom. The maximum Gasteiger partial charge on any atom is 0.433 e. The van der Waals surface area contributed by atoms with Gasteiger partial charge in [0.15, 0.2) is 5.82 Å². The van der Waals surface area contributed by atoms with E-state index >= 15 is 0 Å². The van der Waals surface area contributed by atoms with Gasteiger partial charge in [-0.05, 0) is 54.6 Å². The number of nitrogens with zero attached hydrogens (tertiary/aromatic N) is 3. The lowest BCUT2D eigenvalue weighted by Crippen LogP contribution is -1.99. The second-order valence-corrected chi connectivity index (χ2v) is 6.21. The summed E-state index contributed by atoms with van der Waals surface area (Å²) in [6.45, 7) is 0. The van der Waals surface area contributed by atoms with Crippen molar-refractivity contribution in [1.82, 2.24) is 9.97 Å². The third-order valence-electron chi connectivity index (χ3n) is 4.22. The molecule has 0 atom stereocenters. The summed E-state index contributed by atoms with van der Waals surface area (Å²) in [6.07, 6.45) is 3.04. The van der Waals surface area contributed by atoms with E-state index in [1.165, 1.54) is 36.4 Å². The number of nitrogens with one attached hydrogen (secondary N) is 1. The van der Waals surface area contributed by atoms with Gasteiger partial charge < -0.3 is 14.5 Å². The van der Waals surface area contributed by atoms with Gasteiger partial charge in [0.05, 0.1) is 18.7 Å². The largest absolute Gasteiger partial charge is 0.497 e. The highest BCUT2D eigenvalue weighted by Gasteiger charge is 2.11. The predicted molar refractivity (Wildman–Crippen MR) is 110 cm³/mol. The Morgan fingerprint density at radius 2 is 1.90 bits per heavy atom. The molecule has 4 aromatic rings. The van der Waals surface area contributed by atoms with Crippen LogP contribution in [0, 0.1) is 15.9 Å². The van der Waals surface area contributed by atoms with Crippen molar-refractivity contribution in [2.45, 2.75) is 0 Å². The number of hydrogen-bond donors (Lipinski definition) is 1. The van der Waals surface area contributed by atoms with Crippen molar-refractivity contribution >= 4 is 40.4 Å². The van der Waals surface area contributed by atoms with Crippen LogP contribution in [0.2, 0.25) is 0 Å². The van der Waals surface area contributed by atoms with E-state index in [2.05, 4.69) is 15.3 Å². The third-order valence-corrected chi connectivity index (χ3v) is 4.22. The summed E-state index contributed by atoms with van der Waals surface area (Å²) >= 11 is 0. The summed E-state index contributed by atoms with van der Waals surface area (Å²) in [5, 5.41) is 14.6. The number of methoxy groups -OCH3 is 1. The second kappa shape index (κ2) is 8.00. The predicted octanol–water partition coefficient (Wildman–Crippen LogP) is 5.19. The molecular weight excluding hydrogens is 391 g/mol. The minimum Gasteiger partial charge on any atom is -0.497 e. The Hall–Kier alpha value is -4.27. The average Bonchev–Trinajstić information content (AvgIpc) is 3.22. The van der Waals surface area contributed by atoms with Crippen LogP contribution in [-0.2, 0) is 0 Å². The Morgan fingerprint density at radius 3 is 2.60 bits per heavy atom. The molecule has 0 amide bonds. The van der Waals surface area contributed by atoms with Crippen molar-refractivity contribution in [2.75, 3.05) is 12.4 Å². The van der Waals surface area contributed by atoms with Crippen molar-refractivity contribution in [3.05, 3.63) is 82.1 Å². The molecule has 30 heavy (non-hydrogen) atoms. The lowest BCUT2D eigenvalue weighted by Gasteiger charge is -2.10. The van der Waals surface area contributed by atoms with Crippen LogP contribution in [0.15, 0.2) is 59.0 Å². The summed E-state index contributed by atoms with van der Waals surface area (Å²) in [6, 6.07) is 14.2. The zero-order valence-corrected chi connectivity index (χ0v) is 15.7. The highest BCUT2D eigenvalue weighted by Crippen LogP contribution is 2.26. The van der Waals surface area contributed by atoms with Gasteiger partial charge in [-0.15, -0.1) is 0 Å². The lowest BCUT2D eigenvalue weighted by atomic mass is 10.2. The van der Waals surface area contributed by atoms with E-state index in [0.717, 1.165) is 5.69 Å². The fourth-order valence-electron chi connectivity index (χ4n) is 2.79. The second-order valence-electron chi connectivity index (χ2n) is 6.21. The molecular formula is C21H15FN4O4. The van der Waals surface area contributed by atoms with Crippen LogP contribution in [0.4, 0.5) is 21.8 Å². The summed E-state index contributed by atoms with van der Waals surface area (Å²) in [5.41, 5.74) is 1.17. The summed E-state index contributed by atoms with van der Waals surface area (Å²) in [7, 11) is 1.58. The molecule has 0 unspecified atom stereocenters. The fraction of sp³-hybridized carbons (Fsp3) is 0.0476. The smallest absolute Gasteiger partial charge is 0.433 e. The SMILES string of the molecule is COc1ccc(Nc2nc(/C=C/c3ccc([N+](=O)[O-])o3)nc3cc(F)ccc23)cc1. The minimum absolute atomic E-state index is 0.273. The zero-order chi connectivity index (χ0) is 21.1. The fourth-order valence-corrected chi connectivity index (χ4v) is 2.79. The van der Waals surface area contributed by atoms with Gasteiger partial charge in [-0.3, -0.25) is 10.1 Å². The van der Waals surface area contributed by atoms with Crippen molar-refractivity contribution < 1.29 is 18.5 Å². The first kappa shape index (κ1) is 19.1. The molecule has 0 radical (unpaired) electrons. The minimum atomic E-state index is -0.622. The third kappa shape index (κ3) is 4.09. The van der Waals surface area contributed by atoms with E-state index < -0.39 is 10.7 Å². The number of benzene rings is 2. The standard InChI is InChI=1S/C21H15FN4O4/c1-29-15-5-3-14(4-6-15)23-21-17-9-2-13(22)12-18(17)24-19(25-21)10-7-16-8-11-20(30-16)26(27)28/h2-12H,1H3,(H,23,24,25)/b10-7+. The van der Waals surface area contributed by atoms with Gasteiger partial charge in [-0.1, -0.05) is 0 Å². The summed E-state index contributed by atoms with van der Waals surface area (Å²) in [5.74, 6) is 0.963. The number of halogens is 1. The van der Waals surface area contributed by atoms with Crippen LogP contribution < -0.4 is 10.1 Å². The topological polar surface area (TPSA) is 103 Å². The number of ether oxygens (including phenoxy) is 1. The number of furan rings is 1. The quantitative estimate of drug-likeness (QED) is 0.347. The van der Waals surface area contributed by atoms with Crippen LogP contribution >= 0.6 is 0 Å². The van der Waals surface area contributed by atoms with E-state index in [1.807, 2.05) is 12.1 Å². The molecule has 0 fully saturated rings. The van der Waals surface area contributed by atoms with Gasteiger partial charge in [0.25, 0.3) is 0 Å². The van der Waals surface area contributed by atoms with Gasteiger partial charge in [0, 0.05) is 17.1 Å². The number of rotatable bonds is 6. The van der Waals surface area contributed by atoms with Gasteiger partial charge in [0.2, 0.25) is 0 Å². The maximum atomic E-state index is 13.7. The lowest BCUT2D eigenvalue weighted by molar-refractivity contribution is -0.402. The normalized spacial score (nSPS) is 11.1. The van der Waals surface area contributed by atoms with Gasteiger partial charge in [-0.2, -0.15) is 0 Å². The molecule has 0 aliphatic carbocycles. The van der Waals surface area contributed by atoms with Gasteiger partial charge in [-0.25, -0.2) is 14.4 Å². The summed E-state index contributed by atoms with van der Waals surface area (Å²) in [4.78, 5) is 19.0. The first-order valence-electron chi connectivity index (χ1n) is 8.82. The highest BCUT2D eigenvalue weighted by atomic mass is 19.1. The van der Waals surface area contributed by atoms with E-state index in [1.54, 1.807) is 25.3 Å². The zero-order valence-electron chi connectivity index (χ0n) is 15.7. The number of aromatic nitrogens is 2.